The number of amides is 1. The second-order valence-corrected chi connectivity index (χ2v) is 5.67. The summed E-state index contributed by atoms with van der Waals surface area (Å²) in [6, 6.07) is 6.97. The Morgan fingerprint density at radius 2 is 1.71 bits per heavy atom. The summed E-state index contributed by atoms with van der Waals surface area (Å²) in [5.41, 5.74) is 1.64. The minimum absolute atomic E-state index is 0.0346. The number of piperazine rings is 1. The highest BCUT2D eigenvalue weighted by Crippen LogP contribution is 2.15. The number of nitrogens with one attached hydrogen (secondary N) is 2. The molecule has 1 amide bonds. The van der Waals surface area contributed by atoms with Gasteiger partial charge in [0.05, 0.1) is 11.0 Å². The van der Waals surface area contributed by atoms with Crippen LogP contribution in [0.4, 0.5) is 5.95 Å². The zero-order valence-electron chi connectivity index (χ0n) is 12.9. The van der Waals surface area contributed by atoms with Gasteiger partial charge in [-0.1, -0.05) is 0 Å². The van der Waals surface area contributed by atoms with Gasteiger partial charge in [0.1, 0.15) is 0 Å². The molecule has 2 N–H and O–H groups in total. The molecule has 0 saturated carbocycles. The second-order valence-electron chi connectivity index (χ2n) is 5.67. The average molecular weight is 324 g/mol. The summed E-state index contributed by atoms with van der Waals surface area (Å²) in [7, 11) is 0. The molecule has 8 heteroatoms. The van der Waals surface area contributed by atoms with Crippen LogP contribution in [0.3, 0.4) is 0 Å². The number of benzene rings is 1. The lowest BCUT2D eigenvalue weighted by Gasteiger charge is -2.34. The Morgan fingerprint density at radius 3 is 2.46 bits per heavy atom. The molecule has 0 radical (unpaired) electrons. The number of hydrogen-bond acceptors (Lipinski definition) is 5. The smallest absolute Gasteiger partial charge is 0.323 e. The van der Waals surface area contributed by atoms with Crippen molar-refractivity contribution in [3.05, 3.63) is 52.7 Å². The fourth-order valence-corrected chi connectivity index (χ4v) is 2.91. The number of rotatable bonds is 2. The molecule has 0 atom stereocenters. The number of anilines is 1. The number of carbonyl (C=O) groups excluding carboxylic acids is 1. The van der Waals surface area contributed by atoms with Gasteiger partial charge in [0, 0.05) is 44.1 Å². The maximum Gasteiger partial charge on any atom is 0.323 e. The van der Waals surface area contributed by atoms with Gasteiger partial charge in [-0.05, 0) is 24.3 Å². The van der Waals surface area contributed by atoms with Crippen molar-refractivity contribution in [3.8, 4) is 0 Å². The van der Waals surface area contributed by atoms with E-state index in [1.807, 2.05) is 4.90 Å². The zero-order chi connectivity index (χ0) is 16.5. The van der Waals surface area contributed by atoms with Crippen molar-refractivity contribution in [1.82, 2.24) is 24.8 Å². The Hall–Kier alpha value is -3.16. The summed E-state index contributed by atoms with van der Waals surface area (Å²) in [5, 5.41) is 0. The monoisotopic (exact) mass is 324 g/mol. The second kappa shape index (κ2) is 5.80. The Morgan fingerprint density at radius 1 is 1.00 bits per heavy atom. The van der Waals surface area contributed by atoms with E-state index in [2.05, 4.69) is 24.8 Å². The van der Waals surface area contributed by atoms with E-state index in [1.54, 1.807) is 36.7 Å². The largest absolute Gasteiger partial charge is 0.337 e. The molecule has 8 nitrogen and oxygen atoms in total. The first kappa shape index (κ1) is 14.4. The van der Waals surface area contributed by atoms with E-state index in [9.17, 15) is 9.59 Å². The Kier molecular flexibility index (Phi) is 3.49. The van der Waals surface area contributed by atoms with Crippen molar-refractivity contribution in [2.75, 3.05) is 31.1 Å². The Bertz CT molecular complexity index is 924. The van der Waals surface area contributed by atoms with Gasteiger partial charge in [-0.3, -0.25) is 4.79 Å². The van der Waals surface area contributed by atoms with Crippen molar-refractivity contribution in [2.45, 2.75) is 0 Å². The minimum atomic E-state index is -0.272. The predicted octanol–water partition coefficient (Wildman–Crippen LogP) is 0.609. The normalized spacial score (nSPS) is 15.0. The average Bonchev–Trinajstić information content (AvgIpc) is 3.01. The molecule has 0 spiro atoms. The van der Waals surface area contributed by atoms with Gasteiger partial charge >= 0.3 is 5.69 Å². The number of H-pyrrole nitrogens is 2. The van der Waals surface area contributed by atoms with Gasteiger partial charge < -0.3 is 19.8 Å². The molecule has 24 heavy (non-hydrogen) atoms. The molecule has 3 heterocycles. The van der Waals surface area contributed by atoms with Crippen LogP contribution in [0.5, 0.6) is 0 Å². The van der Waals surface area contributed by atoms with E-state index in [4.69, 9.17) is 0 Å². The summed E-state index contributed by atoms with van der Waals surface area (Å²) < 4.78 is 0. The zero-order valence-corrected chi connectivity index (χ0v) is 12.9. The first-order valence-corrected chi connectivity index (χ1v) is 7.74. The number of hydrogen-bond donors (Lipinski definition) is 2. The molecule has 0 unspecified atom stereocenters. The number of fused-ring (bicyclic) bond motifs is 1. The lowest BCUT2D eigenvalue weighted by molar-refractivity contribution is 0.0746. The summed E-state index contributed by atoms with van der Waals surface area (Å²) in [6.07, 6.45) is 3.43. The van der Waals surface area contributed by atoms with Gasteiger partial charge in [-0.25, -0.2) is 14.8 Å². The number of aromatic nitrogens is 4. The van der Waals surface area contributed by atoms with Crippen LogP contribution in [0, 0.1) is 0 Å². The van der Waals surface area contributed by atoms with Crippen LogP contribution < -0.4 is 10.6 Å². The molecule has 1 saturated heterocycles. The number of imidazole rings is 1. The van der Waals surface area contributed by atoms with Gasteiger partial charge in [0.25, 0.3) is 5.91 Å². The fourth-order valence-electron chi connectivity index (χ4n) is 2.91. The molecule has 1 fully saturated rings. The van der Waals surface area contributed by atoms with Crippen LogP contribution in [-0.4, -0.2) is 56.9 Å². The highest BCUT2D eigenvalue weighted by Gasteiger charge is 2.23. The number of aromatic amines is 2. The van der Waals surface area contributed by atoms with Crippen molar-refractivity contribution >= 4 is 22.9 Å². The van der Waals surface area contributed by atoms with Crippen LogP contribution >= 0.6 is 0 Å². The van der Waals surface area contributed by atoms with Crippen molar-refractivity contribution < 1.29 is 4.79 Å². The third-order valence-electron chi connectivity index (χ3n) is 4.16. The molecule has 3 aromatic rings. The van der Waals surface area contributed by atoms with Crippen LogP contribution in [0.2, 0.25) is 0 Å². The van der Waals surface area contributed by atoms with E-state index in [-0.39, 0.29) is 11.6 Å². The summed E-state index contributed by atoms with van der Waals surface area (Å²) in [4.78, 5) is 41.7. The summed E-state index contributed by atoms with van der Waals surface area (Å²) in [5.74, 6) is 0.656. The first-order valence-electron chi connectivity index (χ1n) is 7.74. The minimum Gasteiger partial charge on any atom is -0.337 e. The number of carbonyl (C=O) groups is 1. The molecule has 1 aliphatic rings. The van der Waals surface area contributed by atoms with Crippen LogP contribution in [0.1, 0.15) is 10.4 Å². The topological polar surface area (TPSA) is 98.0 Å². The molecule has 4 rings (SSSR count). The summed E-state index contributed by atoms with van der Waals surface area (Å²) >= 11 is 0. The third kappa shape index (κ3) is 2.62. The summed E-state index contributed by atoms with van der Waals surface area (Å²) in [6.45, 7) is 2.61. The van der Waals surface area contributed by atoms with Gasteiger partial charge in [-0.2, -0.15) is 0 Å². The molecule has 122 valence electrons. The van der Waals surface area contributed by atoms with Gasteiger partial charge in [0.15, 0.2) is 0 Å². The maximum absolute atomic E-state index is 12.7. The molecule has 2 aromatic heterocycles. The Labute approximate surface area is 137 Å². The highest BCUT2D eigenvalue weighted by atomic mass is 16.2. The maximum atomic E-state index is 12.7. The molecule has 0 bridgehead atoms. The molecule has 1 aliphatic heterocycles. The van der Waals surface area contributed by atoms with Crippen LogP contribution in [0.15, 0.2) is 41.5 Å². The Balaban J connectivity index is 1.48. The molecular formula is C16H16N6O2. The van der Waals surface area contributed by atoms with E-state index >= 15 is 0 Å². The quantitative estimate of drug-likeness (QED) is 0.720. The SMILES string of the molecule is O=C(c1ccc2[nH]c(=O)[nH]c2c1)N1CCN(c2ncccn2)CC1. The molecule has 1 aromatic carbocycles. The van der Waals surface area contributed by atoms with Crippen molar-refractivity contribution in [1.29, 1.82) is 0 Å². The number of nitrogens with zero attached hydrogens (tertiary/aromatic N) is 4. The predicted molar refractivity (Wildman–Crippen MR) is 89.1 cm³/mol. The lowest BCUT2D eigenvalue weighted by atomic mass is 10.1. The lowest BCUT2D eigenvalue weighted by Crippen LogP contribution is -2.49. The van der Waals surface area contributed by atoms with Crippen LogP contribution in [0.25, 0.3) is 11.0 Å². The first-order chi connectivity index (χ1) is 11.7. The van der Waals surface area contributed by atoms with E-state index in [0.717, 1.165) is 0 Å². The molecular weight excluding hydrogens is 308 g/mol. The van der Waals surface area contributed by atoms with Gasteiger partial charge in [0.2, 0.25) is 5.95 Å². The van der Waals surface area contributed by atoms with Gasteiger partial charge in [-0.15, -0.1) is 0 Å². The van der Waals surface area contributed by atoms with E-state index in [0.29, 0.717) is 48.7 Å². The van der Waals surface area contributed by atoms with E-state index < -0.39 is 0 Å². The van der Waals surface area contributed by atoms with E-state index in [1.165, 1.54) is 0 Å². The van der Waals surface area contributed by atoms with Crippen LogP contribution in [-0.2, 0) is 0 Å². The third-order valence-corrected chi connectivity index (χ3v) is 4.16. The highest BCUT2D eigenvalue weighted by molar-refractivity contribution is 5.97. The molecule has 0 aliphatic carbocycles. The fraction of sp³-hybridized carbons (Fsp3) is 0.250. The van der Waals surface area contributed by atoms with Crippen molar-refractivity contribution in [2.24, 2.45) is 0 Å². The van der Waals surface area contributed by atoms with Crippen molar-refractivity contribution in [3.63, 3.8) is 0 Å². The standard InChI is InChI=1S/C16H16N6O2/c23-14(11-2-3-12-13(10-11)20-16(24)19-12)21-6-8-22(9-7-21)15-17-4-1-5-18-15/h1-5,10H,6-9H2,(H2,19,20,24).